The van der Waals surface area contributed by atoms with Gasteiger partial charge in [-0.05, 0) is 44.9 Å². The van der Waals surface area contributed by atoms with Gasteiger partial charge in [0.25, 0.3) is 0 Å². The average Bonchev–Trinajstić information content (AvgIpc) is 3.15. The van der Waals surface area contributed by atoms with E-state index in [4.69, 9.17) is 9.47 Å². The van der Waals surface area contributed by atoms with E-state index in [1.165, 1.54) is 0 Å². The molecule has 4 rings (SSSR count). The van der Waals surface area contributed by atoms with Gasteiger partial charge in [-0.15, -0.1) is 0 Å². The van der Waals surface area contributed by atoms with Crippen LogP contribution in [-0.4, -0.2) is 48.1 Å². The van der Waals surface area contributed by atoms with Crippen LogP contribution in [0.4, 0.5) is 0 Å². The van der Waals surface area contributed by atoms with Crippen LogP contribution >= 0.6 is 11.8 Å². The minimum atomic E-state index is -3.56. The highest BCUT2D eigenvalue weighted by atomic mass is 32.2. The lowest BCUT2D eigenvalue weighted by molar-refractivity contribution is 0.174. The molecule has 1 atom stereocenters. The van der Waals surface area contributed by atoms with Crippen LogP contribution in [0.1, 0.15) is 35.5 Å². The molecule has 1 aromatic carbocycles. The number of aromatic nitrogens is 2. The fraction of sp³-hybridized carbons (Fsp3) is 0.526. The Morgan fingerprint density at radius 2 is 2.00 bits per heavy atom. The van der Waals surface area contributed by atoms with Crippen molar-refractivity contribution in [1.82, 2.24) is 14.1 Å². The first-order valence-corrected chi connectivity index (χ1v) is 12.0. The number of hydrogen-bond donors (Lipinski definition) is 0. The van der Waals surface area contributed by atoms with Crippen LogP contribution in [0.3, 0.4) is 0 Å². The Labute approximate surface area is 170 Å². The Morgan fingerprint density at radius 3 is 2.75 bits per heavy atom. The van der Waals surface area contributed by atoms with E-state index in [0.717, 1.165) is 29.2 Å². The Kier molecular flexibility index (Phi) is 5.32. The predicted molar refractivity (Wildman–Crippen MR) is 109 cm³/mol. The van der Waals surface area contributed by atoms with Crippen molar-refractivity contribution in [1.29, 1.82) is 0 Å². The molecule has 2 aromatic rings. The highest BCUT2D eigenvalue weighted by Gasteiger charge is 2.33. The van der Waals surface area contributed by atoms with Crippen molar-refractivity contribution in [3.8, 4) is 11.5 Å². The zero-order valence-corrected chi connectivity index (χ0v) is 18.0. The van der Waals surface area contributed by atoms with Crippen LogP contribution in [0.15, 0.2) is 23.1 Å². The van der Waals surface area contributed by atoms with Gasteiger partial charge in [-0.2, -0.15) is 21.2 Å². The van der Waals surface area contributed by atoms with E-state index in [0.29, 0.717) is 35.9 Å². The van der Waals surface area contributed by atoms with Crippen LogP contribution < -0.4 is 9.47 Å². The van der Waals surface area contributed by atoms with Gasteiger partial charge in [0.05, 0.1) is 11.4 Å². The van der Waals surface area contributed by atoms with Gasteiger partial charge in [0.1, 0.15) is 4.90 Å². The van der Waals surface area contributed by atoms with E-state index < -0.39 is 10.0 Å². The third-order valence-electron chi connectivity index (χ3n) is 5.28. The minimum absolute atomic E-state index is 0.232. The molecule has 0 bridgehead atoms. The highest BCUT2D eigenvalue weighted by Crippen LogP contribution is 2.41. The molecule has 0 radical (unpaired) electrons. The molecule has 1 fully saturated rings. The van der Waals surface area contributed by atoms with E-state index in [-0.39, 0.29) is 12.0 Å². The highest BCUT2D eigenvalue weighted by molar-refractivity contribution is 7.99. The van der Waals surface area contributed by atoms with Crippen molar-refractivity contribution >= 4 is 21.8 Å². The molecule has 7 nitrogen and oxygen atoms in total. The van der Waals surface area contributed by atoms with E-state index >= 15 is 0 Å². The van der Waals surface area contributed by atoms with Crippen LogP contribution in [0.5, 0.6) is 11.5 Å². The minimum Gasteiger partial charge on any atom is -0.454 e. The summed E-state index contributed by atoms with van der Waals surface area (Å²) in [7, 11) is -3.56. The maximum Gasteiger partial charge on any atom is 0.246 e. The molecule has 0 spiro atoms. The maximum absolute atomic E-state index is 13.3. The third-order valence-corrected chi connectivity index (χ3v) is 8.76. The zero-order valence-electron chi connectivity index (χ0n) is 16.3. The number of hydrogen-bond acceptors (Lipinski definition) is 6. The molecule has 2 aliphatic rings. The van der Waals surface area contributed by atoms with Crippen molar-refractivity contribution < 1.29 is 17.9 Å². The first-order chi connectivity index (χ1) is 13.4. The lowest BCUT2D eigenvalue weighted by Gasteiger charge is -2.20. The third kappa shape index (κ3) is 3.40. The molecule has 0 N–H and O–H groups in total. The van der Waals surface area contributed by atoms with Crippen LogP contribution in [0.25, 0.3) is 0 Å². The van der Waals surface area contributed by atoms with Gasteiger partial charge in [0.15, 0.2) is 11.5 Å². The number of ether oxygens (including phenoxy) is 2. The van der Waals surface area contributed by atoms with Crippen molar-refractivity contribution in [2.75, 3.05) is 25.6 Å². The smallest absolute Gasteiger partial charge is 0.246 e. The lowest BCUT2D eigenvalue weighted by atomic mass is 10.1. The molecule has 3 heterocycles. The lowest BCUT2D eigenvalue weighted by Crippen LogP contribution is -2.33. The van der Waals surface area contributed by atoms with Crippen molar-refractivity contribution in [2.45, 2.75) is 43.9 Å². The Morgan fingerprint density at radius 1 is 1.21 bits per heavy atom. The number of sulfonamides is 1. The molecular formula is C19H25N3O4S2. The summed E-state index contributed by atoms with van der Waals surface area (Å²) in [5, 5.41) is 4.62. The molecule has 0 saturated carbocycles. The molecule has 9 heteroatoms. The number of fused-ring (bicyclic) bond motifs is 1. The molecule has 2 aliphatic heterocycles. The summed E-state index contributed by atoms with van der Waals surface area (Å²) in [6.07, 6.45) is 0.754. The molecule has 152 valence electrons. The van der Waals surface area contributed by atoms with Crippen molar-refractivity contribution in [3.05, 3.63) is 35.2 Å². The monoisotopic (exact) mass is 423 g/mol. The second-order valence-corrected chi connectivity index (χ2v) is 10.2. The van der Waals surface area contributed by atoms with Gasteiger partial charge in [0.2, 0.25) is 16.8 Å². The first-order valence-electron chi connectivity index (χ1n) is 9.47. The summed E-state index contributed by atoms with van der Waals surface area (Å²) < 4.78 is 40.9. The number of nitrogens with zero attached hydrogens (tertiary/aromatic N) is 3. The van der Waals surface area contributed by atoms with Crippen LogP contribution in [-0.2, 0) is 16.6 Å². The summed E-state index contributed by atoms with van der Waals surface area (Å²) in [6, 6.07) is 6.00. The van der Waals surface area contributed by atoms with E-state index in [2.05, 4.69) is 11.2 Å². The summed E-state index contributed by atoms with van der Waals surface area (Å²) in [4.78, 5) is 0.362. The Bertz CT molecular complexity index is 987. The summed E-state index contributed by atoms with van der Waals surface area (Å²) in [6.45, 7) is 7.48. The van der Waals surface area contributed by atoms with E-state index in [9.17, 15) is 8.42 Å². The number of benzene rings is 1. The van der Waals surface area contributed by atoms with Crippen LogP contribution in [0.2, 0.25) is 0 Å². The van der Waals surface area contributed by atoms with Crippen molar-refractivity contribution in [3.63, 3.8) is 0 Å². The molecule has 1 unspecified atom stereocenters. The van der Waals surface area contributed by atoms with Gasteiger partial charge >= 0.3 is 0 Å². The van der Waals surface area contributed by atoms with Gasteiger partial charge in [0, 0.05) is 30.6 Å². The molecule has 1 aromatic heterocycles. The summed E-state index contributed by atoms with van der Waals surface area (Å²) in [5.41, 5.74) is 2.44. The van der Waals surface area contributed by atoms with Gasteiger partial charge in [-0.25, -0.2) is 8.42 Å². The molecule has 0 aliphatic carbocycles. The Hall–Kier alpha value is -1.71. The molecule has 28 heavy (non-hydrogen) atoms. The zero-order chi connectivity index (χ0) is 19.9. The number of aryl methyl sites for hydroxylation is 2. The molecular weight excluding hydrogens is 398 g/mol. The second-order valence-electron chi connectivity index (χ2n) is 6.98. The standard InChI is InChI=1S/C19H25N3O4S2/c1-4-22-14(3)19(13(2)20-22)28(23,24)21-8-7-18(27-10-9-21)15-5-6-16-17(11-15)26-12-25-16/h5-6,11,18H,4,7-10,12H2,1-3H3. The quantitative estimate of drug-likeness (QED) is 0.752. The average molecular weight is 424 g/mol. The van der Waals surface area contributed by atoms with Gasteiger partial charge in [-0.3, -0.25) is 4.68 Å². The number of thioether (sulfide) groups is 1. The normalized spacial score (nSPS) is 20.3. The first kappa shape index (κ1) is 19.6. The predicted octanol–water partition coefficient (Wildman–Crippen LogP) is 3.12. The molecule has 0 amide bonds. The molecule has 1 saturated heterocycles. The maximum atomic E-state index is 13.3. The summed E-state index contributed by atoms with van der Waals surface area (Å²) in [5.74, 6) is 2.29. The van der Waals surface area contributed by atoms with Gasteiger partial charge < -0.3 is 9.47 Å². The largest absolute Gasteiger partial charge is 0.454 e. The SMILES string of the molecule is CCn1nc(C)c(S(=O)(=O)N2CCSC(c3ccc4c(c3)OCO4)CC2)c1C. The van der Waals surface area contributed by atoms with Gasteiger partial charge in [-0.1, -0.05) is 6.07 Å². The second kappa shape index (κ2) is 7.61. The number of rotatable bonds is 4. The van der Waals surface area contributed by atoms with E-state index in [1.807, 2.05) is 26.0 Å². The van der Waals surface area contributed by atoms with Crippen LogP contribution in [0, 0.1) is 13.8 Å². The van der Waals surface area contributed by atoms with Crippen molar-refractivity contribution in [2.24, 2.45) is 0 Å². The fourth-order valence-corrected chi connectivity index (χ4v) is 7.03. The summed E-state index contributed by atoms with van der Waals surface area (Å²) >= 11 is 1.79. The topological polar surface area (TPSA) is 73.7 Å². The fourth-order valence-electron chi connectivity index (χ4n) is 3.86. The van der Waals surface area contributed by atoms with E-state index in [1.54, 1.807) is 27.7 Å². The Balaban J connectivity index is 1.55.